The van der Waals surface area contributed by atoms with Crippen LogP contribution in [0.2, 0.25) is 0 Å². The first-order chi connectivity index (χ1) is 30.0. The molecule has 5 amide bonds. The first-order valence-electron chi connectivity index (χ1n) is 20.2. The van der Waals surface area contributed by atoms with Crippen LogP contribution in [0.1, 0.15) is 43.4 Å². The number of carbonyl (C=O) groups excluding carboxylic acids is 5. The van der Waals surface area contributed by atoms with E-state index < -0.39 is 97.2 Å². The van der Waals surface area contributed by atoms with Crippen molar-refractivity contribution in [2.75, 3.05) is 6.61 Å². The van der Waals surface area contributed by atoms with Crippen LogP contribution in [0.15, 0.2) is 85.2 Å². The number of rotatable bonds is 22. The van der Waals surface area contributed by atoms with E-state index in [-0.39, 0.29) is 30.9 Å². The molecule has 5 aromatic rings. The Morgan fingerprint density at radius 3 is 1.51 bits per heavy atom. The van der Waals surface area contributed by atoms with Gasteiger partial charge in [0.05, 0.1) is 12.6 Å². The molecule has 3 aromatic carbocycles. The van der Waals surface area contributed by atoms with Crippen molar-refractivity contribution in [3.63, 3.8) is 0 Å². The van der Waals surface area contributed by atoms with Crippen molar-refractivity contribution in [3.8, 4) is 5.75 Å². The lowest BCUT2D eigenvalue weighted by atomic mass is 10.0. The van der Waals surface area contributed by atoms with Gasteiger partial charge in [0, 0.05) is 59.9 Å². The molecule has 0 spiro atoms. The number of aliphatic hydroxyl groups excluding tert-OH is 1. The third kappa shape index (κ3) is 12.6. The molecule has 0 bridgehead atoms. The average molecular weight is 869 g/mol. The second-order valence-corrected chi connectivity index (χ2v) is 15.5. The predicted molar refractivity (Wildman–Crippen MR) is 230 cm³/mol. The molecule has 0 radical (unpaired) electrons. The molecule has 0 aliphatic carbocycles. The van der Waals surface area contributed by atoms with Gasteiger partial charge in [0.15, 0.2) is 0 Å². The molecule has 6 atom stereocenters. The molecule has 5 rings (SSSR count). The number of H-pyrrole nitrogens is 2. The Kier molecular flexibility index (Phi) is 16.0. The number of carboxylic acids is 2. The molecule has 19 nitrogen and oxygen atoms in total. The molecular formula is C44H52N8O11. The van der Waals surface area contributed by atoms with Crippen LogP contribution in [-0.4, -0.2) is 115 Å². The summed E-state index contributed by atoms with van der Waals surface area (Å²) >= 11 is 0. The monoisotopic (exact) mass is 868 g/mol. The molecule has 0 aliphatic rings. The van der Waals surface area contributed by atoms with Crippen LogP contribution in [0, 0.1) is 5.92 Å². The second kappa shape index (κ2) is 21.5. The molecule has 63 heavy (non-hydrogen) atoms. The minimum absolute atomic E-state index is 0.0440. The summed E-state index contributed by atoms with van der Waals surface area (Å²) in [6.07, 6.45) is 1.65. The largest absolute Gasteiger partial charge is 0.508 e. The molecule has 334 valence electrons. The Hall–Kier alpha value is -7.25. The van der Waals surface area contributed by atoms with Crippen LogP contribution in [0.4, 0.5) is 0 Å². The normalized spacial score (nSPS) is 14.2. The number of aromatic amines is 2. The van der Waals surface area contributed by atoms with E-state index in [0.29, 0.717) is 33.0 Å². The van der Waals surface area contributed by atoms with Gasteiger partial charge in [-0.1, -0.05) is 62.4 Å². The van der Waals surface area contributed by atoms with E-state index >= 15 is 0 Å². The summed E-state index contributed by atoms with van der Waals surface area (Å²) in [5.41, 5.74) is 9.00. The van der Waals surface area contributed by atoms with E-state index in [4.69, 9.17) is 5.73 Å². The third-order valence-electron chi connectivity index (χ3n) is 10.6. The van der Waals surface area contributed by atoms with E-state index in [1.807, 2.05) is 0 Å². The number of phenols is 1. The summed E-state index contributed by atoms with van der Waals surface area (Å²) in [6, 6.07) is 11.4. The van der Waals surface area contributed by atoms with Crippen LogP contribution < -0.4 is 32.3 Å². The molecule has 19 heteroatoms. The number of hydrogen-bond acceptors (Lipinski definition) is 10. The molecule has 13 N–H and O–H groups in total. The highest BCUT2D eigenvalue weighted by Gasteiger charge is 2.34. The minimum atomic E-state index is -1.61. The summed E-state index contributed by atoms with van der Waals surface area (Å²) in [6.45, 7) is 2.53. The van der Waals surface area contributed by atoms with Crippen molar-refractivity contribution in [3.05, 3.63) is 102 Å². The van der Waals surface area contributed by atoms with Crippen molar-refractivity contribution in [2.24, 2.45) is 11.7 Å². The summed E-state index contributed by atoms with van der Waals surface area (Å²) in [4.78, 5) is 99.3. The lowest BCUT2D eigenvalue weighted by Gasteiger charge is -2.27. The van der Waals surface area contributed by atoms with Gasteiger partial charge in [-0.05, 0) is 53.3 Å². The number of para-hydroxylation sites is 2. The molecule has 0 unspecified atom stereocenters. The van der Waals surface area contributed by atoms with E-state index in [0.717, 1.165) is 5.52 Å². The predicted octanol–water partition coefficient (Wildman–Crippen LogP) is 0.732. The zero-order valence-corrected chi connectivity index (χ0v) is 34.6. The van der Waals surface area contributed by atoms with Crippen molar-refractivity contribution < 1.29 is 54.0 Å². The molecular weight excluding hydrogens is 817 g/mol. The standard InChI is InChI=1S/C44H52N8O11/c1-23(2)38(45)43(61)52-36(22-53)42(60)50-33(18-25-20-46-30-9-5-3-7-28(25)30)40(58)48-32(15-16-37(55)56)39(57)49-34(19-26-21-47-31-10-6-4-8-29(26)31)41(59)51-35(44(62)63)17-24-11-13-27(54)14-12-24/h3-14,20-21,23,32-36,38,46-47,53-54H,15-19,22,45H2,1-2H3,(H,48,58)(H,49,57)(H,50,60)(H,51,59)(H,52,61)(H,55,56)(H,62,63)/t32-,33-,34-,35-,36-,38-/m0/s1. The zero-order chi connectivity index (χ0) is 45.8. The Labute approximate surface area is 361 Å². The maximum Gasteiger partial charge on any atom is 0.326 e. The van der Waals surface area contributed by atoms with Crippen LogP contribution in [0.3, 0.4) is 0 Å². The molecule has 2 heterocycles. The number of aromatic nitrogens is 2. The lowest BCUT2D eigenvalue weighted by molar-refractivity contribution is -0.142. The number of fused-ring (bicyclic) bond motifs is 2. The highest BCUT2D eigenvalue weighted by molar-refractivity contribution is 5.97. The molecule has 0 fully saturated rings. The van der Waals surface area contributed by atoms with Gasteiger partial charge >= 0.3 is 11.9 Å². The Bertz CT molecular complexity index is 2430. The first kappa shape index (κ1) is 46.8. The number of amides is 5. The minimum Gasteiger partial charge on any atom is -0.508 e. The van der Waals surface area contributed by atoms with E-state index in [9.17, 15) is 54.0 Å². The number of aromatic hydroxyl groups is 1. The number of carbonyl (C=O) groups is 7. The van der Waals surface area contributed by atoms with Gasteiger partial charge in [0.25, 0.3) is 0 Å². The van der Waals surface area contributed by atoms with Gasteiger partial charge in [0.1, 0.15) is 36.0 Å². The number of nitrogens with one attached hydrogen (secondary N) is 7. The SMILES string of the molecule is CC(C)[C@H](N)C(=O)N[C@@H](CO)C(=O)N[C@@H](Cc1c[nH]c2ccccc12)C(=O)N[C@@H](CCC(=O)O)C(=O)N[C@@H](Cc1c[nH]c2ccccc12)C(=O)N[C@@H](Cc1ccc(O)cc1)C(=O)O. The number of benzene rings is 3. The van der Waals surface area contributed by atoms with Gasteiger partial charge in [-0.25, -0.2) is 4.79 Å². The Morgan fingerprint density at radius 1 is 0.587 bits per heavy atom. The van der Waals surface area contributed by atoms with Crippen molar-refractivity contribution in [2.45, 2.75) is 82.2 Å². The summed E-state index contributed by atoms with van der Waals surface area (Å²) < 4.78 is 0. The number of hydrogen-bond donors (Lipinski definition) is 12. The fraction of sp³-hybridized carbons (Fsp3) is 0.341. The van der Waals surface area contributed by atoms with Crippen LogP contribution >= 0.6 is 0 Å². The van der Waals surface area contributed by atoms with Gasteiger partial charge in [0.2, 0.25) is 29.5 Å². The van der Waals surface area contributed by atoms with Gasteiger partial charge in [-0.15, -0.1) is 0 Å². The summed E-state index contributed by atoms with van der Waals surface area (Å²) in [7, 11) is 0. The van der Waals surface area contributed by atoms with E-state index in [2.05, 4.69) is 36.6 Å². The van der Waals surface area contributed by atoms with E-state index in [1.165, 1.54) is 24.3 Å². The third-order valence-corrected chi connectivity index (χ3v) is 10.6. The van der Waals surface area contributed by atoms with Gasteiger partial charge in [-0.3, -0.25) is 28.8 Å². The fourth-order valence-electron chi connectivity index (χ4n) is 6.92. The quantitative estimate of drug-likeness (QED) is 0.0458. The Balaban J connectivity index is 1.43. The molecule has 0 saturated heterocycles. The maximum absolute atomic E-state index is 14.3. The lowest BCUT2D eigenvalue weighted by Crippen LogP contribution is -2.60. The number of aliphatic carboxylic acids is 2. The maximum atomic E-state index is 14.3. The van der Waals surface area contributed by atoms with Gasteiger partial charge < -0.3 is 62.7 Å². The molecule has 0 aliphatic heterocycles. The number of aliphatic hydroxyl groups is 1. The smallest absolute Gasteiger partial charge is 0.326 e. The fourth-order valence-corrected chi connectivity index (χ4v) is 6.92. The number of phenolic OH excluding ortho intramolecular Hbond substituents is 1. The van der Waals surface area contributed by atoms with Crippen LogP contribution in [0.25, 0.3) is 21.8 Å². The van der Waals surface area contributed by atoms with Gasteiger partial charge in [-0.2, -0.15) is 0 Å². The molecule has 0 saturated carbocycles. The van der Waals surface area contributed by atoms with Crippen molar-refractivity contribution in [1.82, 2.24) is 36.6 Å². The van der Waals surface area contributed by atoms with Crippen LogP contribution in [0.5, 0.6) is 5.75 Å². The first-order valence-corrected chi connectivity index (χ1v) is 20.2. The molecule has 2 aromatic heterocycles. The summed E-state index contributed by atoms with van der Waals surface area (Å²) in [5.74, 6) is -7.55. The highest BCUT2D eigenvalue weighted by Crippen LogP contribution is 2.21. The van der Waals surface area contributed by atoms with Crippen LogP contribution in [-0.2, 0) is 52.8 Å². The highest BCUT2D eigenvalue weighted by atomic mass is 16.4. The zero-order valence-electron chi connectivity index (χ0n) is 34.6. The van der Waals surface area contributed by atoms with Crippen molar-refractivity contribution in [1.29, 1.82) is 0 Å². The topological polar surface area (TPSA) is 318 Å². The van der Waals surface area contributed by atoms with Crippen molar-refractivity contribution >= 4 is 63.3 Å². The number of nitrogens with two attached hydrogens (primary N) is 1. The number of carboxylic acid groups (broad SMARTS) is 2. The second-order valence-electron chi connectivity index (χ2n) is 15.5. The van der Waals surface area contributed by atoms with E-state index in [1.54, 1.807) is 74.8 Å². The summed E-state index contributed by atoms with van der Waals surface area (Å²) in [5, 5.41) is 53.5. The Morgan fingerprint density at radius 2 is 1.03 bits per heavy atom. The average Bonchev–Trinajstić information content (AvgIpc) is 3.87.